The lowest BCUT2D eigenvalue weighted by Gasteiger charge is -2.43. The summed E-state index contributed by atoms with van der Waals surface area (Å²) in [5.41, 5.74) is 0. The average Bonchev–Trinajstić information content (AvgIpc) is 1.62. The van der Waals surface area contributed by atoms with Crippen molar-refractivity contribution in [2.75, 3.05) is 0 Å². The van der Waals surface area contributed by atoms with E-state index in [0.29, 0.717) is 10.4 Å². The molecule has 0 spiro atoms. The van der Waals surface area contributed by atoms with E-state index >= 15 is 0 Å². The predicted octanol–water partition coefficient (Wildman–Crippen LogP) is -1.57. The Hall–Kier alpha value is 0.260. The molecule has 0 aromatic rings. The summed E-state index contributed by atoms with van der Waals surface area (Å²) >= 11 is 0. The van der Waals surface area contributed by atoms with Gasteiger partial charge in [-0.25, -0.2) is 0 Å². The zero-order chi connectivity index (χ0) is 8.58. The molecule has 0 nitrogen and oxygen atoms in total. The predicted molar refractivity (Wildman–Crippen MR) is 60.1 cm³/mol. The summed E-state index contributed by atoms with van der Waals surface area (Å²) in [5, 5.41) is 0.855. The van der Waals surface area contributed by atoms with Gasteiger partial charge >= 0.3 is 0 Å². The summed E-state index contributed by atoms with van der Waals surface area (Å²) in [6.07, 6.45) is 0. The first-order valence-electron chi connectivity index (χ1n) is 4.19. The number of hydrogen-bond acceptors (Lipinski definition) is 0. The summed E-state index contributed by atoms with van der Waals surface area (Å²) in [6, 6.07) is 0. The smallest absolute Gasteiger partial charge is 0.107 e. The Morgan fingerprint density at radius 2 is 1.30 bits per heavy atom. The third-order valence-corrected chi connectivity index (χ3v) is 3.38. The second-order valence-electron chi connectivity index (χ2n) is 5.13. The van der Waals surface area contributed by atoms with E-state index in [-0.39, 0.29) is 0 Å². The SMILES string of the molecule is BC(B)(B)C(B)(C)C(C)C. The van der Waals surface area contributed by atoms with Crippen LogP contribution in [0.1, 0.15) is 20.8 Å². The standard InChI is InChI=1S/C6H18B4/c1-4(2)5(3,7)6(8,9)10/h4H,7-10H2,1-3H3. The normalized spacial score (nSPS) is 18.8. The van der Waals surface area contributed by atoms with Crippen LogP contribution in [0, 0.1) is 5.92 Å². The fraction of sp³-hybridized carbons (Fsp3) is 1.00. The highest BCUT2D eigenvalue weighted by Gasteiger charge is 2.34. The molecule has 0 saturated heterocycles. The lowest BCUT2D eigenvalue weighted by atomic mass is 9.27. The minimum absolute atomic E-state index is 0.418. The van der Waals surface area contributed by atoms with Crippen molar-refractivity contribution in [3.63, 3.8) is 0 Å². The molecule has 0 aliphatic heterocycles. The van der Waals surface area contributed by atoms with Gasteiger partial charge in [-0.3, -0.25) is 0 Å². The summed E-state index contributed by atoms with van der Waals surface area (Å²) < 4.78 is 0. The Labute approximate surface area is 69.2 Å². The first-order valence-corrected chi connectivity index (χ1v) is 4.19. The van der Waals surface area contributed by atoms with Crippen molar-refractivity contribution in [1.29, 1.82) is 0 Å². The van der Waals surface area contributed by atoms with Crippen molar-refractivity contribution in [2.24, 2.45) is 5.92 Å². The van der Waals surface area contributed by atoms with Gasteiger partial charge in [-0.15, -0.1) is 5.11 Å². The third kappa shape index (κ3) is 1.87. The monoisotopic (exact) mass is 134 g/mol. The van der Waals surface area contributed by atoms with Crippen LogP contribution in [-0.4, -0.2) is 31.4 Å². The Kier molecular flexibility index (Phi) is 2.78. The highest BCUT2D eigenvalue weighted by molar-refractivity contribution is 6.62. The van der Waals surface area contributed by atoms with Gasteiger partial charge in [0.2, 0.25) is 0 Å². The maximum Gasteiger partial charge on any atom is 0.107 e. The van der Waals surface area contributed by atoms with Gasteiger partial charge in [-0.2, -0.15) is 0 Å². The van der Waals surface area contributed by atoms with Crippen LogP contribution < -0.4 is 0 Å². The van der Waals surface area contributed by atoms with Gasteiger partial charge in [0.05, 0.1) is 23.5 Å². The fourth-order valence-electron chi connectivity index (χ4n) is 0.866. The second kappa shape index (κ2) is 2.71. The van der Waals surface area contributed by atoms with Crippen molar-refractivity contribution in [2.45, 2.75) is 31.2 Å². The van der Waals surface area contributed by atoms with Crippen molar-refractivity contribution in [3.05, 3.63) is 0 Å². The maximum atomic E-state index is 2.34. The minimum Gasteiger partial charge on any atom is -0.113 e. The molecule has 0 rings (SSSR count). The zero-order valence-electron chi connectivity index (χ0n) is 8.58. The van der Waals surface area contributed by atoms with Gasteiger partial charge in [0.15, 0.2) is 0 Å². The molecule has 0 fully saturated rings. The quantitative estimate of drug-likeness (QED) is 0.399. The van der Waals surface area contributed by atoms with E-state index in [1.165, 1.54) is 0 Å². The molecule has 0 aromatic heterocycles. The summed E-state index contributed by atoms with van der Waals surface area (Å²) in [5.74, 6) is 0.757. The molecule has 4 heteroatoms. The molecule has 54 valence electrons. The van der Waals surface area contributed by atoms with Crippen LogP contribution in [-0.2, 0) is 0 Å². The zero-order valence-corrected chi connectivity index (χ0v) is 8.58. The van der Waals surface area contributed by atoms with Crippen LogP contribution in [0.25, 0.3) is 0 Å². The van der Waals surface area contributed by atoms with Gasteiger partial charge < -0.3 is 0 Å². The molecule has 0 radical (unpaired) electrons. The Balaban J connectivity index is 4.40. The highest BCUT2D eigenvalue weighted by atomic mass is 14.2. The Morgan fingerprint density at radius 1 is 1.00 bits per heavy atom. The van der Waals surface area contributed by atoms with Crippen molar-refractivity contribution in [1.82, 2.24) is 0 Å². The van der Waals surface area contributed by atoms with E-state index < -0.39 is 0 Å². The van der Waals surface area contributed by atoms with Crippen LogP contribution in [0.5, 0.6) is 0 Å². The molecule has 0 aliphatic carbocycles. The van der Waals surface area contributed by atoms with E-state index in [1.54, 1.807) is 0 Å². The van der Waals surface area contributed by atoms with Gasteiger partial charge in [0.1, 0.15) is 7.85 Å². The maximum absolute atomic E-state index is 2.34. The Bertz CT molecular complexity index is 111. The summed E-state index contributed by atoms with van der Waals surface area (Å²) in [4.78, 5) is 0. The summed E-state index contributed by atoms with van der Waals surface area (Å²) in [7, 11) is 9.28. The van der Waals surface area contributed by atoms with Crippen LogP contribution >= 0.6 is 0 Å². The summed E-state index contributed by atoms with van der Waals surface area (Å²) in [6.45, 7) is 6.94. The van der Waals surface area contributed by atoms with Crippen LogP contribution in [0.4, 0.5) is 0 Å². The van der Waals surface area contributed by atoms with Gasteiger partial charge in [-0.05, 0) is 0 Å². The molecule has 0 aliphatic rings. The lowest BCUT2D eigenvalue weighted by molar-refractivity contribution is 0.445. The molecule has 0 bridgehead atoms. The van der Waals surface area contributed by atoms with Crippen molar-refractivity contribution in [3.8, 4) is 0 Å². The Morgan fingerprint density at radius 3 is 1.30 bits per heavy atom. The van der Waals surface area contributed by atoms with E-state index in [0.717, 1.165) is 5.92 Å². The molecule has 1 unspecified atom stereocenters. The lowest BCUT2D eigenvalue weighted by Crippen LogP contribution is -2.33. The second-order valence-corrected chi connectivity index (χ2v) is 5.13. The van der Waals surface area contributed by atoms with Crippen LogP contribution in [0.3, 0.4) is 0 Å². The molecule has 0 aromatic carbocycles. The average molecular weight is 133 g/mol. The van der Waals surface area contributed by atoms with Crippen molar-refractivity contribution < 1.29 is 0 Å². The third-order valence-electron chi connectivity index (χ3n) is 3.38. The van der Waals surface area contributed by atoms with Gasteiger partial charge in [-0.1, -0.05) is 32.0 Å². The van der Waals surface area contributed by atoms with Crippen molar-refractivity contribution >= 4 is 31.4 Å². The first-order chi connectivity index (χ1) is 4.19. The topological polar surface area (TPSA) is 0 Å². The molecular formula is C6H18B4. The van der Waals surface area contributed by atoms with E-state index in [1.807, 2.05) is 0 Å². The fourth-order valence-corrected chi connectivity index (χ4v) is 0.866. The highest BCUT2D eigenvalue weighted by Crippen LogP contribution is 2.47. The van der Waals surface area contributed by atoms with E-state index in [2.05, 4.69) is 52.2 Å². The van der Waals surface area contributed by atoms with E-state index in [9.17, 15) is 0 Å². The molecular weight excluding hydrogens is 115 g/mol. The molecule has 0 amide bonds. The molecule has 10 heavy (non-hydrogen) atoms. The van der Waals surface area contributed by atoms with Crippen LogP contribution in [0.15, 0.2) is 0 Å². The number of hydrogen-bond donors (Lipinski definition) is 0. The minimum atomic E-state index is 0.418. The van der Waals surface area contributed by atoms with E-state index in [4.69, 9.17) is 0 Å². The number of rotatable bonds is 2. The van der Waals surface area contributed by atoms with Crippen LogP contribution in [0.2, 0.25) is 10.4 Å². The van der Waals surface area contributed by atoms with Gasteiger partial charge in [0.25, 0.3) is 0 Å². The molecule has 1 atom stereocenters. The molecule has 0 saturated carbocycles. The largest absolute Gasteiger partial charge is 0.113 e. The van der Waals surface area contributed by atoms with Gasteiger partial charge in [0, 0.05) is 0 Å². The molecule has 0 N–H and O–H groups in total. The first kappa shape index (κ1) is 10.3. The molecule has 0 heterocycles.